The highest BCUT2D eigenvalue weighted by atomic mass is 79.9. The van der Waals surface area contributed by atoms with E-state index in [0.29, 0.717) is 23.7 Å². The maximum absolute atomic E-state index is 11.8. The molecule has 0 aliphatic rings. The molecule has 0 heterocycles. The summed E-state index contributed by atoms with van der Waals surface area (Å²) in [5.41, 5.74) is 1.62. The van der Waals surface area contributed by atoms with Gasteiger partial charge in [-0.1, -0.05) is 45.7 Å². The Morgan fingerprint density at radius 2 is 1.95 bits per heavy atom. The van der Waals surface area contributed by atoms with Gasteiger partial charge in [0.05, 0.1) is 10.7 Å². The van der Waals surface area contributed by atoms with Crippen molar-refractivity contribution in [3.63, 3.8) is 0 Å². The molecule has 2 aromatic carbocycles. The molecule has 2 aromatic rings. The molecule has 2 N–H and O–H groups in total. The second kappa shape index (κ2) is 7.31. The van der Waals surface area contributed by atoms with Crippen LogP contribution in [0.5, 0.6) is 0 Å². The lowest BCUT2D eigenvalue weighted by molar-refractivity contribution is -0.115. The summed E-state index contributed by atoms with van der Waals surface area (Å²) in [6.07, 6.45) is 0.373. The zero-order valence-corrected chi connectivity index (χ0v) is 13.0. The van der Waals surface area contributed by atoms with Gasteiger partial charge in [0.15, 0.2) is 0 Å². The third kappa shape index (κ3) is 4.54. The van der Waals surface area contributed by atoms with E-state index in [-0.39, 0.29) is 5.91 Å². The van der Waals surface area contributed by atoms with Crippen LogP contribution in [0, 0.1) is 0 Å². The van der Waals surface area contributed by atoms with E-state index in [1.54, 1.807) is 12.1 Å². The molecular weight excluding hydrogens is 340 g/mol. The minimum absolute atomic E-state index is 0.0689. The van der Waals surface area contributed by atoms with Gasteiger partial charge in [-0.15, -0.1) is 0 Å². The van der Waals surface area contributed by atoms with Crippen LogP contribution in [-0.4, -0.2) is 12.5 Å². The van der Waals surface area contributed by atoms with Gasteiger partial charge >= 0.3 is 0 Å². The van der Waals surface area contributed by atoms with Crippen molar-refractivity contribution in [3.8, 4) is 0 Å². The van der Waals surface area contributed by atoms with E-state index in [4.69, 9.17) is 11.6 Å². The van der Waals surface area contributed by atoms with Crippen LogP contribution in [0.3, 0.4) is 0 Å². The SMILES string of the molecule is O=C(CCNc1cccc(Br)c1)Nc1ccccc1Cl. The maximum Gasteiger partial charge on any atom is 0.226 e. The lowest BCUT2D eigenvalue weighted by atomic mass is 10.3. The number of halogens is 2. The van der Waals surface area contributed by atoms with Gasteiger partial charge in [0.25, 0.3) is 0 Å². The average molecular weight is 354 g/mol. The Labute approximate surface area is 131 Å². The smallest absolute Gasteiger partial charge is 0.226 e. The number of hydrogen-bond donors (Lipinski definition) is 2. The summed E-state index contributed by atoms with van der Waals surface area (Å²) in [6.45, 7) is 0.562. The average Bonchev–Trinajstić information content (AvgIpc) is 2.41. The Kier molecular flexibility index (Phi) is 5.44. The van der Waals surface area contributed by atoms with E-state index in [1.807, 2.05) is 36.4 Å². The number of hydrogen-bond acceptors (Lipinski definition) is 2. The summed E-state index contributed by atoms with van der Waals surface area (Å²) in [4.78, 5) is 11.8. The fourth-order valence-corrected chi connectivity index (χ4v) is 2.28. The first-order chi connectivity index (χ1) is 9.65. The Hall–Kier alpha value is -1.52. The number of benzene rings is 2. The fourth-order valence-electron chi connectivity index (χ4n) is 1.69. The molecule has 0 aliphatic heterocycles. The standard InChI is InChI=1S/C15H14BrClN2O/c16-11-4-3-5-12(10-11)18-9-8-15(20)19-14-7-2-1-6-13(14)17/h1-7,10,18H,8-9H2,(H,19,20). The second-order valence-corrected chi connectivity index (χ2v) is 5.54. The molecule has 0 saturated heterocycles. The second-order valence-electron chi connectivity index (χ2n) is 4.22. The molecule has 1 amide bonds. The molecule has 0 fully saturated rings. The molecule has 0 aromatic heterocycles. The molecule has 5 heteroatoms. The predicted molar refractivity (Wildman–Crippen MR) is 87.3 cm³/mol. The summed E-state index contributed by atoms with van der Waals surface area (Å²) < 4.78 is 1.00. The van der Waals surface area contributed by atoms with Gasteiger partial charge in [0.1, 0.15) is 0 Å². The summed E-state index contributed by atoms with van der Waals surface area (Å²) in [6, 6.07) is 15.0. The molecule has 0 radical (unpaired) electrons. The van der Waals surface area contributed by atoms with Crippen molar-refractivity contribution in [2.45, 2.75) is 6.42 Å². The van der Waals surface area contributed by atoms with Crippen molar-refractivity contribution in [2.75, 3.05) is 17.2 Å². The van der Waals surface area contributed by atoms with Gasteiger partial charge in [0.2, 0.25) is 5.91 Å². The topological polar surface area (TPSA) is 41.1 Å². The Morgan fingerprint density at radius 3 is 2.70 bits per heavy atom. The lowest BCUT2D eigenvalue weighted by Gasteiger charge is -2.08. The van der Waals surface area contributed by atoms with Crippen LogP contribution in [0.15, 0.2) is 53.0 Å². The predicted octanol–water partition coefficient (Wildman–Crippen LogP) is 4.54. The molecule has 0 aliphatic carbocycles. The number of rotatable bonds is 5. The largest absolute Gasteiger partial charge is 0.384 e. The molecule has 3 nitrogen and oxygen atoms in total. The van der Waals surface area contributed by atoms with E-state index < -0.39 is 0 Å². The fraction of sp³-hybridized carbons (Fsp3) is 0.133. The number of nitrogens with one attached hydrogen (secondary N) is 2. The minimum atomic E-state index is -0.0689. The number of amides is 1. The molecule has 0 bridgehead atoms. The first kappa shape index (κ1) is 14.9. The third-order valence-corrected chi connectivity index (χ3v) is 3.48. The Balaban J connectivity index is 1.80. The monoisotopic (exact) mass is 352 g/mol. The van der Waals surface area contributed by atoms with Crippen LogP contribution in [0.4, 0.5) is 11.4 Å². The zero-order chi connectivity index (χ0) is 14.4. The normalized spacial score (nSPS) is 10.1. The van der Waals surface area contributed by atoms with Gasteiger partial charge < -0.3 is 10.6 Å². The van der Waals surface area contributed by atoms with Gasteiger partial charge in [0, 0.05) is 23.1 Å². The molecule has 0 spiro atoms. The van der Waals surface area contributed by atoms with Crippen LogP contribution < -0.4 is 10.6 Å². The van der Waals surface area contributed by atoms with Gasteiger partial charge in [-0.25, -0.2) is 0 Å². The highest BCUT2D eigenvalue weighted by Crippen LogP contribution is 2.20. The Bertz CT molecular complexity index is 604. The highest BCUT2D eigenvalue weighted by Gasteiger charge is 2.04. The van der Waals surface area contributed by atoms with Crippen molar-refractivity contribution < 1.29 is 4.79 Å². The van der Waals surface area contributed by atoms with Gasteiger partial charge in [-0.2, -0.15) is 0 Å². The van der Waals surface area contributed by atoms with E-state index in [1.165, 1.54) is 0 Å². The number of carbonyl (C=O) groups excluding carboxylic acids is 1. The van der Waals surface area contributed by atoms with Crippen LogP contribution in [0.2, 0.25) is 5.02 Å². The first-order valence-corrected chi connectivity index (χ1v) is 7.36. The molecule has 20 heavy (non-hydrogen) atoms. The van der Waals surface area contributed by atoms with Crippen molar-refractivity contribution in [1.29, 1.82) is 0 Å². The zero-order valence-electron chi connectivity index (χ0n) is 10.7. The third-order valence-electron chi connectivity index (χ3n) is 2.65. The van der Waals surface area contributed by atoms with E-state index in [9.17, 15) is 4.79 Å². The molecule has 2 rings (SSSR count). The molecule has 0 saturated carbocycles. The van der Waals surface area contributed by atoms with Crippen LogP contribution in [0.25, 0.3) is 0 Å². The highest BCUT2D eigenvalue weighted by molar-refractivity contribution is 9.10. The van der Waals surface area contributed by atoms with Crippen molar-refractivity contribution >= 4 is 44.8 Å². The van der Waals surface area contributed by atoms with Gasteiger partial charge in [-0.05, 0) is 30.3 Å². The van der Waals surface area contributed by atoms with E-state index in [2.05, 4.69) is 26.6 Å². The Morgan fingerprint density at radius 1 is 1.15 bits per heavy atom. The van der Waals surface area contributed by atoms with Crippen molar-refractivity contribution in [1.82, 2.24) is 0 Å². The van der Waals surface area contributed by atoms with Crippen molar-refractivity contribution in [3.05, 3.63) is 58.0 Å². The molecular formula is C15H14BrClN2O. The summed E-state index contributed by atoms with van der Waals surface area (Å²) in [5, 5.41) is 6.52. The number of carbonyl (C=O) groups is 1. The van der Waals surface area contributed by atoms with E-state index in [0.717, 1.165) is 10.2 Å². The lowest BCUT2D eigenvalue weighted by Crippen LogP contribution is -2.16. The summed E-state index contributed by atoms with van der Waals surface area (Å²) in [7, 11) is 0. The van der Waals surface area contributed by atoms with Crippen molar-refractivity contribution in [2.24, 2.45) is 0 Å². The molecule has 0 unspecified atom stereocenters. The molecule has 104 valence electrons. The number of para-hydroxylation sites is 1. The van der Waals surface area contributed by atoms with Gasteiger partial charge in [-0.3, -0.25) is 4.79 Å². The first-order valence-electron chi connectivity index (χ1n) is 6.19. The summed E-state index contributed by atoms with van der Waals surface area (Å²) in [5.74, 6) is -0.0689. The maximum atomic E-state index is 11.8. The molecule has 0 atom stereocenters. The number of anilines is 2. The van der Waals surface area contributed by atoms with Crippen LogP contribution >= 0.6 is 27.5 Å². The van der Waals surface area contributed by atoms with Crippen LogP contribution in [-0.2, 0) is 4.79 Å². The van der Waals surface area contributed by atoms with E-state index >= 15 is 0 Å². The van der Waals surface area contributed by atoms with Crippen LogP contribution in [0.1, 0.15) is 6.42 Å². The quantitative estimate of drug-likeness (QED) is 0.828. The minimum Gasteiger partial charge on any atom is -0.384 e. The summed E-state index contributed by atoms with van der Waals surface area (Å²) >= 11 is 9.38.